The van der Waals surface area contributed by atoms with Gasteiger partial charge in [-0.15, -0.1) is 0 Å². The minimum Gasteiger partial charge on any atom is -0.489 e. The third-order valence-corrected chi connectivity index (χ3v) is 3.31. The summed E-state index contributed by atoms with van der Waals surface area (Å²) in [6.45, 7) is 0.874. The highest BCUT2D eigenvalue weighted by Crippen LogP contribution is 2.24. The Labute approximate surface area is 126 Å². The van der Waals surface area contributed by atoms with E-state index >= 15 is 0 Å². The van der Waals surface area contributed by atoms with Crippen LogP contribution in [0.2, 0.25) is 0 Å². The van der Waals surface area contributed by atoms with Crippen molar-refractivity contribution in [1.29, 1.82) is 5.26 Å². The number of nitriles is 1. The minimum atomic E-state index is 0.315. The summed E-state index contributed by atoms with van der Waals surface area (Å²) in [4.78, 5) is 4.01. The molecule has 1 aromatic carbocycles. The van der Waals surface area contributed by atoms with Gasteiger partial charge in [-0.3, -0.25) is 0 Å². The molecule has 0 amide bonds. The lowest BCUT2D eigenvalue weighted by Gasteiger charge is -2.12. The number of nitrogens with zero attached hydrogens (tertiary/aromatic N) is 2. The lowest BCUT2D eigenvalue weighted by molar-refractivity contribution is 0.302. The molecule has 0 aliphatic carbocycles. The Hall–Kier alpha value is -1.90. The number of pyridine rings is 1. The van der Waals surface area contributed by atoms with Gasteiger partial charge in [-0.05, 0) is 42.8 Å². The van der Waals surface area contributed by atoms with Crippen molar-refractivity contribution in [3.63, 3.8) is 0 Å². The van der Waals surface area contributed by atoms with E-state index in [1.807, 2.05) is 24.3 Å². The molecule has 102 valence electrons. The topological polar surface area (TPSA) is 71.9 Å². The van der Waals surface area contributed by atoms with Gasteiger partial charge in [0.05, 0.1) is 0 Å². The molecule has 0 saturated heterocycles. The summed E-state index contributed by atoms with van der Waals surface area (Å²) in [5, 5.41) is 9.00. The standard InChI is InChI=1S/C15H14BrN3O/c16-13-3-4-15(11(8-13)5-6-17)20-10-12-2-1-7-19-14(12)9-18/h1-4,7-8H,5-6,10,17H2. The van der Waals surface area contributed by atoms with E-state index in [2.05, 4.69) is 27.0 Å². The first kappa shape index (κ1) is 14.5. The van der Waals surface area contributed by atoms with Gasteiger partial charge in [0.15, 0.2) is 0 Å². The van der Waals surface area contributed by atoms with E-state index in [-0.39, 0.29) is 0 Å². The van der Waals surface area contributed by atoms with Crippen LogP contribution in [0.25, 0.3) is 0 Å². The Kier molecular flexibility index (Phi) is 5.10. The quantitative estimate of drug-likeness (QED) is 0.914. The molecule has 0 aliphatic heterocycles. The van der Waals surface area contributed by atoms with Gasteiger partial charge in [0, 0.05) is 16.2 Å². The first-order valence-electron chi connectivity index (χ1n) is 6.20. The van der Waals surface area contributed by atoms with Crippen LogP contribution in [0, 0.1) is 11.3 Å². The van der Waals surface area contributed by atoms with Gasteiger partial charge in [-0.1, -0.05) is 22.0 Å². The Balaban J connectivity index is 2.17. The largest absolute Gasteiger partial charge is 0.489 e. The normalized spacial score (nSPS) is 10.1. The second-order valence-electron chi connectivity index (χ2n) is 4.20. The van der Waals surface area contributed by atoms with Crippen molar-refractivity contribution >= 4 is 15.9 Å². The van der Waals surface area contributed by atoms with E-state index in [1.54, 1.807) is 12.3 Å². The molecule has 1 aromatic heterocycles. The molecule has 2 rings (SSSR count). The molecule has 4 nitrogen and oxygen atoms in total. The molecular formula is C15H14BrN3O. The van der Waals surface area contributed by atoms with Crippen LogP contribution in [0.15, 0.2) is 41.0 Å². The highest BCUT2D eigenvalue weighted by atomic mass is 79.9. The highest BCUT2D eigenvalue weighted by molar-refractivity contribution is 9.10. The van der Waals surface area contributed by atoms with E-state index in [0.717, 1.165) is 27.8 Å². The lowest BCUT2D eigenvalue weighted by atomic mass is 10.1. The first-order chi connectivity index (χ1) is 9.74. The van der Waals surface area contributed by atoms with Gasteiger partial charge < -0.3 is 10.5 Å². The molecule has 0 fully saturated rings. The van der Waals surface area contributed by atoms with Crippen molar-refractivity contribution in [3.05, 3.63) is 57.8 Å². The number of halogens is 1. The zero-order chi connectivity index (χ0) is 14.4. The van der Waals surface area contributed by atoms with Crippen LogP contribution in [0.1, 0.15) is 16.8 Å². The van der Waals surface area contributed by atoms with Gasteiger partial charge in [-0.2, -0.15) is 5.26 Å². The van der Waals surface area contributed by atoms with Gasteiger partial charge in [-0.25, -0.2) is 4.98 Å². The van der Waals surface area contributed by atoms with Gasteiger partial charge >= 0.3 is 0 Å². The van der Waals surface area contributed by atoms with Crippen LogP contribution >= 0.6 is 15.9 Å². The summed E-state index contributed by atoms with van der Waals surface area (Å²) >= 11 is 3.44. The van der Waals surface area contributed by atoms with E-state index in [4.69, 9.17) is 15.7 Å². The smallest absolute Gasteiger partial charge is 0.147 e. The van der Waals surface area contributed by atoms with Crippen molar-refractivity contribution in [1.82, 2.24) is 4.98 Å². The van der Waals surface area contributed by atoms with Crippen LogP contribution < -0.4 is 10.5 Å². The Morgan fingerprint density at radius 2 is 2.15 bits per heavy atom. The average molecular weight is 332 g/mol. The third-order valence-electron chi connectivity index (χ3n) is 2.82. The summed E-state index contributed by atoms with van der Waals surface area (Å²) in [6, 6.07) is 11.5. The summed E-state index contributed by atoms with van der Waals surface area (Å²) < 4.78 is 6.80. The molecular weight excluding hydrogens is 318 g/mol. The average Bonchev–Trinajstić information content (AvgIpc) is 2.47. The Morgan fingerprint density at radius 3 is 2.90 bits per heavy atom. The number of ether oxygens (including phenoxy) is 1. The number of nitrogens with two attached hydrogens (primary N) is 1. The van der Waals surface area contributed by atoms with Gasteiger partial charge in [0.1, 0.15) is 24.1 Å². The summed E-state index contributed by atoms with van der Waals surface area (Å²) in [5.74, 6) is 0.784. The third kappa shape index (κ3) is 3.56. The highest BCUT2D eigenvalue weighted by Gasteiger charge is 2.07. The molecule has 1 heterocycles. The minimum absolute atomic E-state index is 0.315. The molecule has 0 bridgehead atoms. The maximum absolute atomic E-state index is 9.00. The molecule has 5 heteroatoms. The SMILES string of the molecule is N#Cc1ncccc1COc1ccc(Br)cc1CCN. The van der Waals surface area contributed by atoms with Gasteiger partial charge in [0.25, 0.3) is 0 Å². The second kappa shape index (κ2) is 7.04. The van der Waals surface area contributed by atoms with Crippen molar-refractivity contribution in [2.75, 3.05) is 6.54 Å². The van der Waals surface area contributed by atoms with E-state index in [0.29, 0.717) is 18.8 Å². The molecule has 20 heavy (non-hydrogen) atoms. The predicted octanol–water partition coefficient (Wildman–Crippen LogP) is 2.80. The zero-order valence-corrected chi connectivity index (χ0v) is 12.4. The second-order valence-corrected chi connectivity index (χ2v) is 5.12. The molecule has 2 N–H and O–H groups in total. The molecule has 2 aromatic rings. The van der Waals surface area contributed by atoms with Crippen molar-refractivity contribution < 1.29 is 4.74 Å². The first-order valence-corrected chi connectivity index (χ1v) is 6.99. The van der Waals surface area contributed by atoms with Crippen LogP contribution in [0.3, 0.4) is 0 Å². The fourth-order valence-corrected chi connectivity index (χ4v) is 2.26. The number of rotatable bonds is 5. The maximum Gasteiger partial charge on any atom is 0.147 e. The van der Waals surface area contributed by atoms with Crippen LogP contribution in [0.4, 0.5) is 0 Å². The van der Waals surface area contributed by atoms with Crippen molar-refractivity contribution in [2.24, 2.45) is 5.73 Å². The van der Waals surface area contributed by atoms with Gasteiger partial charge in [0.2, 0.25) is 0 Å². The predicted molar refractivity (Wildman–Crippen MR) is 80.2 cm³/mol. The molecule has 0 aliphatic rings. The lowest BCUT2D eigenvalue weighted by Crippen LogP contribution is -2.06. The van der Waals surface area contributed by atoms with Crippen LogP contribution in [-0.4, -0.2) is 11.5 Å². The zero-order valence-electron chi connectivity index (χ0n) is 10.8. The number of aromatic nitrogens is 1. The molecule has 0 radical (unpaired) electrons. The van der Waals surface area contributed by atoms with E-state index in [1.165, 1.54) is 0 Å². The summed E-state index contributed by atoms with van der Waals surface area (Å²) in [5.41, 5.74) is 7.82. The van der Waals surface area contributed by atoms with Crippen LogP contribution in [-0.2, 0) is 13.0 Å². The fraction of sp³-hybridized carbons (Fsp3) is 0.200. The van der Waals surface area contributed by atoms with Crippen molar-refractivity contribution in [2.45, 2.75) is 13.0 Å². The molecule has 0 unspecified atom stereocenters. The Morgan fingerprint density at radius 1 is 1.30 bits per heavy atom. The van der Waals surface area contributed by atoms with E-state index in [9.17, 15) is 0 Å². The van der Waals surface area contributed by atoms with Crippen molar-refractivity contribution in [3.8, 4) is 11.8 Å². The molecule has 0 saturated carbocycles. The molecule has 0 spiro atoms. The maximum atomic E-state index is 9.00. The van der Waals surface area contributed by atoms with E-state index < -0.39 is 0 Å². The summed E-state index contributed by atoms with van der Waals surface area (Å²) in [7, 11) is 0. The van der Waals surface area contributed by atoms with Crippen LogP contribution in [0.5, 0.6) is 5.75 Å². The fourth-order valence-electron chi connectivity index (χ4n) is 1.85. The monoisotopic (exact) mass is 331 g/mol. The number of hydrogen-bond acceptors (Lipinski definition) is 4. The summed E-state index contributed by atoms with van der Waals surface area (Å²) in [6.07, 6.45) is 2.34. The molecule has 0 atom stereocenters. The number of hydrogen-bond donors (Lipinski definition) is 1. The number of benzene rings is 1. The Bertz CT molecular complexity index is 637.